The molecule has 2 N–H and O–H groups in total. The van der Waals surface area contributed by atoms with Gasteiger partial charge in [-0.25, -0.2) is 14.2 Å². The molecule has 2 unspecified atom stereocenters. The Kier molecular flexibility index (Phi) is 5.56. The molecule has 0 saturated heterocycles. The number of ether oxygens (including phenoxy) is 1. The number of hydrogen-bond donors (Lipinski definition) is 2. The molecule has 4 heterocycles. The highest BCUT2D eigenvalue weighted by molar-refractivity contribution is 5.93. The molecule has 7 nitrogen and oxygen atoms in total. The van der Waals surface area contributed by atoms with Gasteiger partial charge in [0.1, 0.15) is 12.4 Å². The Morgan fingerprint density at radius 3 is 2.69 bits per heavy atom. The number of fused-ring (bicyclic) bond motifs is 5. The second-order valence-electron chi connectivity index (χ2n) is 9.19. The van der Waals surface area contributed by atoms with Gasteiger partial charge in [-0.05, 0) is 56.0 Å². The van der Waals surface area contributed by atoms with E-state index in [1.165, 1.54) is 6.07 Å². The monoisotopic (exact) mass is 479 g/mol. The van der Waals surface area contributed by atoms with Gasteiger partial charge in [0.25, 0.3) is 5.56 Å². The van der Waals surface area contributed by atoms with Crippen molar-refractivity contribution in [2.45, 2.75) is 71.8 Å². The number of pyridine rings is 2. The summed E-state index contributed by atoms with van der Waals surface area (Å²) in [7, 11) is 1.90. The zero-order valence-corrected chi connectivity index (χ0v) is 20.7. The van der Waals surface area contributed by atoms with E-state index >= 15 is 0 Å². The maximum Gasteiger partial charge on any atom is 0.343 e. The van der Waals surface area contributed by atoms with Gasteiger partial charge in [0.15, 0.2) is 5.60 Å². The number of nitrogens with one attached hydrogen (secondary N) is 1. The number of aromatic nitrogens is 2. The van der Waals surface area contributed by atoms with Crippen molar-refractivity contribution in [3.63, 3.8) is 0 Å². The van der Waals surface area contributed by atoms with Crippen LogP contribution in [-0.2, 0) is 34.7 Å². The van der Waals surface area contributed by atoms with Crippen LogP contribution >= 0.6 is 0 Å². The lowest BCUT2D eigenvalue weighted by Gasteiger charge is -2.31. The van der Waals surface area contributed by atoms with E-state index in [0.717, 1.165) is 34.9 Å². The van der Waals surface area contributed by atoms with Crippen LogP contribution in [0.5, 0.6) is 0 Å². The predicted octanol–water partition coefficient (Wildman–Crippen LogP) is 3.76. The quantitative estimate of drug-likeness (QED) is 0.425. The molecule has 0 radical (unpaired) electrons. The Balaban J connectivity index is 0.00000124. The van der Waals surface area contributed by atoms with Crippen LogP contribution < -0.4 is 10.9 Å². The minimum absolute atomic E-state index is 0.0544. The SMILES string of the molecule is CC.CCC1(O)C(=O)OCc2c1cc1n(c2=O)Cc2c-1nc1cc(F)c(C)c3c1c2C(NC)CC3. The van der Waals surface area contributed by atoms with Gasteiger partial charge >= 0.3 is 5.97 Å². The molecule has 35 heavy (non-hydrogen) atoms. The zero-order chi connectivity index (χ0) is 25.2. The van der Waals surface area contributed by atoms with Crippen molar-refractivity contribution in [1.82, 2.24) is 14.9 Å². The van der Waals surface area contributed by atoms with E-state index < -0.39 is 11.6 Å². The first-order chi connectivity index (χ1) is 16.8. The van der Waals surface area contributed by atoms with Gasteiger partial charge in [-0.2, -0.15) is 0 Å². The molecule has 0 saturated carbocycles. The molecule has 1 aromatic carbocycles. The van der Waals surface area contributed by atoms with E-state index in [-0.39, 0.29) is 36.0 Å². The number of esters is 1. The lowest BCUT2D eigenvalue weighted by Crippen LogP contribution is -2.44. The summed E-state index contributed by atoms with van der Waals surface area (Å²) in [4.78, 5) is 30.7. The van der Waals surface area contributed by atoms with Crippen molar-refractivity contribution in [1.29, 1.82) is 0 Å². The fourth-order valence-corrected chi connectivity index (χ4v) is 5.84. The topological polar surface area (TPSA) is 93.5 Å². The van der Waals surface area contributed by atoms with Crippen molar-refractivity contribution in [2.24, 2.45) is 0 Å². The minimum Gasteiger partial charge on any atom is -0.458 e. The van der Waals surface area contributed by atoms with Crippen molar-refractivity contribution in [2.75, 3.05) is 7.05 Å². The summed E-state index contributed by atoms with van der Waals surface area (Å²) in [5.74, 6) is -1.04. The Hall–Kier alpha value is -3.10. The smallest absolute Gasteiger partial charge is 0.343 e. The van der Waals surface area contributed by atoms with E-state index in [0.29, 0.717) is 34.6 Å². The number of aryl methyl sites for hydroxylation is 1. The van der Waals surface area contributed by atoms with Gasteiger partial charge in [0.2, 0.25) is 0 Å². The van der Waals surface area contributed by atoms with Crippen LogP contribution in [0.15, 0.2) is 16.9 Å². The number of halogens is 1. The fraction of sp³-hybridized carbons (Fsp3) is 0.444. The van der Waals surface area contributed by atoms with Gasteiger partial charge in [0.05, 0.1) is 29.0 Å². The first-order valence-corrected chi connectivity index (χ1v) is 12.3. The third-order valence-corrected chi connectivity index (χ3v) is 7.73. The average Bonchev–Trinajstić information content (AvgIpc) is 3.25. The molecule has 0 bridgehead atoms. The van der Waals surface area contributed by atoms with Gasteiger partial charge in [-0.15, -0.1) is 0 Å². The van der Waals surface area contributed by atoms with Gasteiger partial charge < -0.3 is 19.7 Å². The van der Waals surface area contributed by atoms with Gasteiger partial charge in [-0.3, -0.25) is 4.79 Å². The van der Waals surface area contributed by atoms with Crippen LogP contribution in [0, 0.1) is 12.7 Å². The molecule has 0 amide bonds. The van der Waals surface area contributed by atoms with Crippen LogP contribution in [0.25, 0.3) is 22.3 Å². The summed E-state index contributed by atoms with van der Waals surface area (Å²) in [5.41, 5.74) is 3.71. The van der Waals surface area contributed by atoms with Crippen LogP contribution in [0.1, 0.15) is 73.0 Å². The number of cyclic esters (lactones) is 1. The maximum atomic E-state index is 14.8. The number of nitrogens with zero attached hydrogens (tertiary/aromatic N) is 2. The number of benzene rings is 1. The third kappa shape index (κ3) is 3.06. The number of hydrogen-bond acceptors (Lipinski definition) is 6. The van der Waals surface area contributed by atoms with Crippen LogP contribution in [0.2, 0.25) is 0 Å². The highest BCUT2D eigenvalue weighted by atomic mass is 19.1. The number of carbonyl (C=O) groups is 1. The summed E-state index contributed by atoms with van der Waals surface area (Å²) >= 11 is 0. The highest BCUT2D eigenvalue weighted by Gasteiger charge is 2.45. The van der Waals surface area contributed by atoms with E-state index in [4.69, 9.17) is 9.72 Å². The number of rotatable bonds is 2. The average molecular weight is 480 g/mol. The molecule has 0 fully saturated rings. The van der Waals surface area contributed by atoms with Gasteiger partial charge in [-0.1, -0.05) is 20.8 Å². The summed E-state index contributed by atoms with van der Waals surface area (Å²) in [6.07, 6.45) is 1.66. The second-order valence-corrected chi connectivity index (χ2v) is 9.19. The molecule has 3 aliphatic rings. The number of carbonyl (C=O) groups excluding carboxylic acids is 1. The largest absolute Gasteiger partial charge is 0.458 e. The zero-order valence-electron chi connectivity index (χ0n) is 20.7. The molecule has 2 aromatic heterocycles. The maximum absolute atomic E-state index is 14.8. The van der Waals surface area contributed by atoms with E-state index in [2.05, 4.69) is 5.32 Å². The molecule has 0 spiro atoms. The third-order valence-electron chi connectivity index (χ3n) is 7.73. The Morgan fingerprint density at radius 2 is 2.00 bits per heavy atom. The van der Waals surface area contributed by atoms with Crippen LogP contribution in [0.4, 0.5) is 4.39 Å². The fourth-order valence-electron chi connectivity index (χ4n) is 5.84. The van der Waals surface area contributed by atoms with Crippen LogP contribution in [0.3, 0.4) is 0 Å². The summed E-state index contributed by atoms with van der Waals surface area (Å²) in [6, 6.07) is 3.22. The number of aliphatic hydroxyl groups is 1. The molecular weight excluding hydrogens is 449 g/mol. The minimum atomic E-state index is -1.87. The van der Waals surface area contributed by atoms with Crippen LogP contribution in [-0.4, -0.2) is 27.7 Å². The molecule has 2 atom stereocenters. The molecule has 1 aliphatic carbocycles. The van der Waals surface area contributed by atoms with E-state index in [9.17, 15) is 19.1 Å². The lowest BCUT2D eigenvalue weighted by atomic mass is 9.81. The van der Waals surface area contributed by atoms with Crippen molar-refractivity contribution in [3.8, 4) is 11.4 Å². The summed E-state index contributed by atoms with van der Waals surface area (Å²) in [5, 5.41) is 15.4. The second kappa shape index (κ2) is 8.24. The summed E-state index contributed by atoms with van der Waals surface area (Å²) < 4.78 is 21.5. The van der Waals surface area contributed by atoms with Crippen molar-refractivity contribution >= 4 is 16.9 Å². The van der Waals surface area contributed by atoms with Crippen molar-refractivity contribution < 1.29 is 19.0 Å². The molecule has 184 valence electrons. The first kappa shape index (κ1) is 23.6. The van der Waals surface area contributed by atoms with Gasteiger partial charge in [0, 0.05) is 28.6 Å². The Labute approximate surface area is 202 Å². The molecular formula is C27H30FN3O4. The normalized spacial score (nSPS) is 21.6. The molecule has 2 aliphatic heterocycles. The first-order valence-electron chi connectivity index (χ1n) is 12.3. The summed E-state index contributed by atoms with van der Waals surface area (Å²) in [6.45, 7) is 7.65. The predicted molar refractivity (Wildman–Crippen MR) is 131 cm³/mol. The van der Waals surface area contributed by atoms with Crippen molar-refractivity contribution in [3.05, 3.63) is 61.7 Å². The molecule has 3 aromatic rings. The molecule has 8 heteroatoms. The standard InChI is InChI=1S/C25H24FN3O4.C2H6/c1-4-25(32)15-7-19-22-13(9-29(19)23(30)14(15)10-33-24(25)31)21-17(27-3)6-5-12-11(2)16(26)8-18(28-22)20(12)21;1-2/h7-8,17,27,32H,4-6,9-10H2,1-3H3;1-2H3. The van der Waals surface area contributed by atoms with E-state index in [1.807, 2.05) is 20.9 Å². The Bertz CT molecular complexity index is 1460. The lowest BCUT2D eigenvalue weighted by molar-refractivity contribution is -0.172. The molecule has 6 rings (SSSR count). The highest BCUT2D eigenvalue weighted by Crippen LogP contribution is 2.45. The Morgan fingerprint density at radius 1 is 1.26 bits per heavy atom. The van der Waals surface area contributed by atoms with E-state index in [1.54, 1.807) is 24.5 Å².